The third kappa shape index (κ3) is 6.35. The molecule has 3 aromatic rings. The molecule has 5 nitrogen and oxygen atoms in total. The van der Waals surface area contributed by atoms with Gasteiger partial charge in [-0.2, -0.15) is 0 Å². The summed E-state index contributed by atoms with van der Waals surface area (Å²) in [7, 11) is 0. The molecule has 0 bridgehead atoms. The lowest BCUT2D eigenvalue weighted by Gasteiger charge is -2.33. The third-order valence-corrected chi connectivity index (χ3v) is 8.28. The van der Waals surface area contributed by atoms with E-state index in [0.717, 1.165) is 29.7 Å². The van der Waals surface area contributed by atoms with Crippen LogP contribution in [0.5, 0.6) is 5.75 Å². The quantitative estimate of drug-likeness (QED) is 0.317. The largest absolute Gasteiger partial charge is 0.482 e. The van der Waals surface area contributed by atoms with Gasteiger partial charge in [-0.25, -0.2) is 0 Å². The molecule has 2 N–H and O–H groups in total. The van der Waals surface area contributed by atoms with E-state index in [0.29, 0.717) is 43.0 Å². The minimum absolute atomic E-state index is 0.155. The maximum Gasteiger partial charge on any atom is 0.262 e. The molecule has 1 heterocycles. The third-order valence-electron chi connectivity index (χ3n) is 6.32. The van der Waals surface area contributed by atoms with E-state index in [9.17, 15) is 9.59 Å². The minimum Gasteiger partial charge on any atom is -0.482 e. The second-order valence-corrected chi connectivity index (χ2v) is 12.3. The standard InChI is InChI=1S/C27H27Cl3N2O3S/c1-27(2,3)15-4-10-19-22(12-15)36-26(24(19)25(34)31-18-8-5-16(28)6-9-18)32-23(33)14-35-21-11-7-17(29)13-20(21)30/h5-9,11,13,15H,4,10,12,14H2,1-3H3,(H,31,34)(H,32,33)/t15-/m1/s1. The van der Waals surface area contributed by atoms with Gasteiger partial charge in [0, 0.05) is 20.6 Å². The number of hydrogen-bond donors (Lipinski definition) is 2. The molecule has 0 aliphatic heterocycles. The van der Waals surface area contributed by atoms with Crippen LogP contribution in [0.25, 0.3) is 0 Å². The first-order valence-corrected chi connectivity index (χ1v) is 13.6. The molecule has 1 atom stereocenters. The van der Waals surface area contributed by atoms with Gasteiger partial charge in [0.15, 0.2) is 6.61 Å². The monoisotopic (exact) mass is 564 g/mol. The molecule has 0 saturated heterocycles. The maximum absolute atomic E-state index is 13.4. The van der Waals surface area contributed by atoms with Crippen molar-refractivity contribution in [2.75, 3.05) is 17.2 Å². The molecule has 1 aromatic heterocycles. The van der Waals surface area contributed by atoms with E-state index >= 15 is 0 Å². The van der Waals surface area contributed by atoms with Crippen molar-refractivity contribution in [3.63, 3.8) is 0 Å². The van der Waals surface area contributed by atoms with Crippen molar-refractivity contribution in [2.45, 2.75) is 40.0 Å². The Hall–Kier alpha value is -2.25. The van der Waals surface area contributed by atoms with Crippen molar-refractivity contribution in [1.82, 2.24) is 0 Å². The lowest BCUT2D eigenvalue weighted by atomic mass is 9.72. The summed E-state index contributed by atoms with van der Waals surface area (Å²) in [5, 5.41) is 7.75. The van der Waals surface area contributed by atoms with E-state index in [2.05, 4.69) is 31.4 Å². The highest BCUT2D eigenvalue weighted by atomic mass is 35.5. The number of anilines is 2. The number of rotatable bonds is 6. The number of ether oxygens (including phenoxy) is 1. The summed E-state index contributed by atoms with van der Waals surface area (Å²) in [5.74, 6) is 0.207. The van der Waals surface area contributed by atoms with Gasteiger partial charge >= 0.3 is 0 Å². The topological polar surface area (TPSA) is 67.4 Å². The summed E-state index contributed by atoms with van der Waals surface area (Å²) in [6.45, 7) is 6.47. The molecule has 0 saturated carbocycles. The molecule has 2 aromatic carbocycles. The molecule has 0 spiro atoms. The van der Waals surface area contributed by atoms with Gasteiger partial charge in [0.05, 0.1) is 10.6 Å². The van der Waals surface area contributed by atoms with Crippen LogP contribution in [-0.4, -0.2) is 18.4 Å². The lowest BCUT2D eigenvalue weighted by Crippen LogP contribution is -2.27. The number of thiophene rings is 1. The van der Waals surface area contributed by atoms with Crippen LogP contribution < -0.4 is 15.4 Å². The van der Waals surface area contributed by atoms with Gasteiger partial charge in [0.25, 0.3) is 11.8 Å². The molecule has 36 heavy (non-hydrogen) atoms. The van der Waals surface area contributed by atoms with Crippen LogP contribution >= 0.6 is 46.1 Å². The van der Waals surface area contributed by atoms with Gasteiger partial charge in [0.2, 0.25) is 0 Å². The predicted molar refractivity (Wildman–Crippen MR) is 149 cm³/mol. The second-order valence-electron chi connectivity index (χ2n) is 9.89. The van der Waals surface area contributed by atoms with Crippen molar-refractivity contribution in [2.24, 2.45) is 11.3 Å². The van der Waals surface area contributed by atoms with Crippen LogP contribution in [0.1, 0.15) is 48.0 Å². The molecule has 1 aliphatic rings. The fourth-order valence-electron chi connectivity index (χ4n) is 4.28. The van der Waals surface area contributed by atoms with Crippen molar-refractivity contribution in [3.8, 4) is 5.75 Å². The minimum atomic E-state index is -0.382. The first-order valence-electron chi connectivity index (χ1n) is 11.6. The van der Waals surface area contributed by atoms with Gasteiger partial charge in [-0.1, -0.05) is 55.6 Å². The van der Waals surface area contributed by atoms with Crippen LogP contribution in [0.2, 0.25) is 15.1 Å². The molecule has 0 fully saturated rings. The van der Waals surface area contributed by atoms with E-state index in [-0.39, 0.29) is 23.8 Å². The van der Waals surface area contributed by atoms with E-state index in [4.69, 9.17) is 39.5 Å². The summed E-state index contributed by atoms with van der Waals surface area (Å²) in [4.78, 5) is 27.4. The van der Waals surface area contributed by atoms with Gasteiger partial charge in [-0.05, 0) is 78.6 Å². The average molecular weight is 566 g/mol. The molecular weight excluding hydrogens is 539 g/mol. The molecule has 1 aliphatic carbocycles. The smallest absolute Gasteiger partial charge is 0.262 e. The van der Waals surface area contributed by atoms with E-state index < -0.39 is 0 Å². The zero-order valence-corrected chi connectivity index (χ0v) is 23.3. The van der Waals surface area contributed by atoms with E-state index in [1.54, 1.807) is 42.5 Å². The first kappa shape index (κ1) is 26.8. The summed E-state index contributed by atoms with van der Waals surface area (Å²) in [6.07, 6.45) is 2.64. The number of carbonyl (C=O) groups is 2. The Kier molecular flexibility index (Phi) is 8.20. The fourth-order valence-corrected chi connectivity index (χ4v) is 6.21. The van der Waals surface area contributed by atoms with Crippen LogP contribution in [0.3, 0.4) is 0 Å². The molecule has 9 heteroatoms. The maximum atomic E-state index is 13.4. The molecule has 190 valence electrons. The molecule has 0 radical (unpaired) electrons. The second kappa shape index (κ2) is 11.0. The Balaban J connectivity index is 1.57. The van der Waals surface area contributed by atoms with Gasteiger partial charge in [-0.3, -0.25) is 9.59 Å². The van der Waals surface area contributed by atoms with Crippen LogP contribution in [0.15, 0.2) is 42.5 Å². The molecule has 2 amide bonds. The molecule has 4 rings (SSSR count). The highest BCUT2D eigenvalue weighted by Crippen LogP contribution is 2.44. The van der Waals surface area contributed by atoms with Gasteiger partial charge in [0.1, 0.15) is 10.8 Å². The zero-order chi connectivity index (χ0) is 26.0. The highest BCUT2D eigenvalue weighted by molar-refractivity contribution is 7.17. The fraction of sp³-hybridized carbons (Fsp3) is 0.333. The van der Waals surface area contributed by atoms with Gasteiger partial charge < -0.3 is 15.4 Å². The first-order chi connectivity index (χ1) is 17.0. The summed E-state index contributed by atoms with van der Waals surface area (Å²) >= 11 is 19.5. The van der Waals surface area contributed by atoms with Crippen molar-refractivity contribution >= 4 is 68.6 Å². The van der Waals surface area contributed by atoms with Crippen LogP contribution in [0, 0.1) is 11.3 Å². The molecular formula is C27H27Cl3N2O3S. The summed E-state index contributed by atoms with van der Waals surface area (Å²) in [5.41, 5.74) is 2.30. The molecule has 0 unspecified atom stereocenters. The Morgan fingerprint density at radius 1 is 1.03 bits per heavy atom. The number of halogens is 3. The Morgan fingerprint density at radius 3 is 2.39 bits per heavy atom. The number of nitrogens with one attached hydrogen (secondary N) is 2. The summed E-state index contributed by atoms with van der Waals surface area (Å²) in [6, 6.07) is 11.7. The number of hydrogen-bond acceptors (Lipinski definition) is 4. The number of benzene rings is 2. The van der Waals surface area contributed by atoms with Crippen LogP contribution in [-0.2, 0) is 17.6 Å². The Bertz CT molecular complexity index is 1280. The Labute approximate surface area is 230 Å². The summed E-state index contributed by atoms with van der Waals surface area (Å²) < 4.78 is 5.59. The average Bonchev–Trinajstić information content (AvgIpc) is 3.16. The number of fused-ring (bicyclic) bond motifs is 1. The Morgan fingerprint density at radius 2 is 1.72 bits per heavy atom. The number of amides is 2. The van der Waals surface area contributed by atoms with Crippen molar-refractivity contribution in [1.29, 1.82) is 0 Å². The SMILES string of the molecule is CC(C)(C)[C@@H]1CCc2c(sc(NC(=O)COc3ccc(Cl)cc3Cl)c2C(=O)Nc2ccc(Cl)cc2)C1. The number of carbonyl (C=O) groups excluding carboxylic acids is 2. The van der Waals surface area contributed by atoms with Crippen LogP contribution in [0.4, 0.5) is 10.7 Å². The van der Waals surface area contributed by atoms with Crippen molar-refractivity contribution in [3.05, 3.63) is 73.5 Å². The highest BCUT2D eigenvalue weighted by Gasteiger charge is 2.34. The lowest BCUT2D eigenvalue weighted by molar-refractivity contribution is -0.118. The zero-order valence-electron chi connectivity index (χ0n) is 20.2. The normalized spacial score (nSPS) is 15.2. The van der Waals surface area contributed by atoms with E-state index in [1.165, 1.54) is 11.3 Å². The van der Waals surface area contributed by atoms with Crippen molar-refractivity contribution < 1.29 is 14.3 Å². The van der Waals surface area contributed by atoms with E-state index in [1.807, 2.05) is 0 Å². The predicted octanol–water partition coefficient (Wildman–Crippen LogP) is 8.13. The van der Waals surface area contributed by atoms with Gasteiger partial charge in [-0.15, -0.1) is 11.3 Å².